The molecule has 3 aromatic rings. The van der Waals surface area contributed by atoms with Gasteiger partial charge in [-0.25, -0.2) is 4.79 Å². The summed E-state index contributed by atoms with van der Waals surface area (Å²) in [4.78, 5) is 12.8. The summed E-state index contributed by atoms with van der Waals surface area (Å²) in [5, 5.41) is 13.0. The summed E-state index contributed by atoms with van der Waals surface area (Å²) in [7, 11) is 1.88. The third kappa shape index (κ3) is 3.45. The maximum atomic E-state index is 12.8. The monoisotopic (exact) mass is 398 g/mol. The molecule has 2 aromatic carbocycles. The molecule has 0 bridgehead atoms. The number of nitrogens with zero attached hydrogens (tertiary/aromatic N) is 2. The van der Waals surface area contributed by atoms with Gasteiger partial charge in [-0.2, -0.15) is 5.10 Å². The molecule has 2 N–H and O–H groups in total. The third-order valence-corrected chi connectivity index (χ3v) is 5.51. The van der Waals surface area contributed by atoms with Gasteiger partial charge in [0, 0.05) is 41.2 Å². The highest BCUT2D eigenvalue weighted by Gasteiger charge is 2.33. The van der Waals surface area contributed by atoms with Gasteiger partial charge in [0.1, 0.15) is 6.10 Å². The van der Waals surface area contributed by atoms with Crippen molar-refractivity contribution < 1.29 is 9.53 Å². The van der Waals surface area contributed by atoms with Crippen LogP contribution in [0.5, 0.6) is 0 Å². The number of rotatable bonds is 3. The first-order valence-electron chi connectivity index (χ1n) is 9.31. The molecule has 0 aliphatic carbocycles. The van der Waals surface area contributed by atoms with Gasteiger partial charge < -0.3 is 15.4 Å². The molecule has 6 nitrogen and oxygen atoms in total. The van der Waals surface area contributed by atoms with E-state index in [2.05, 4.69) is 15.7 Å². The number of aryl methyl sites for hydroxylation is 3. The second-order valence-electron chi connectivity index (χ2n) is 7.22. The summed E-state index contributed by atoms with van der Waals surface area (Å²) in [6.45, 7) is 4.50. The number of benzene rings is 2. The lowest BCUT2D eigenvalue weighted by atomic mass is 10.0. The van der Waals surface area contributed by atoms with Crippen LogP contribution in [0.1, 0.15) is 29.3 Å². The second-order valence-corrected chi connectivity index (χ2v) is 7.63. The van der Waals surface area contributed by atoms with Crippen molar-refractivity contribution in [2.45, 2.75) is 32.4 Å². The lowest BCUT2D eigenvalue weighted by Crippen LogP contribution is -2.39. The summed E-state index contributed by atoms with van der Waals surface area (Å²) in [5.41, 5.74) is 3.62. The highest BCUT2D eigenvalue weighted by atomic mass is 35.5. The van der Waals surface area contributed by atoms with Crippen molar-refractivity contribution in [1.29, 1.82) is 0 Å². The zero-order valence-electron chi connectivity index (χ0n) is 16.1. The Morgan fingerprint density at radius 3 is 2.75 bits per heavy atom. The molecule has 0 radical (unpaired) electrons. The molecule has 7 heteroatoms. The number of halogens is 1. The predicted molar refractivity (Wildman–Crippen MR) is 111 cm³/mol. The number of anilines is 1. The third-order valence-electron chi connectivity index (χ3n) is 5.20. The quantitative estimate of drug-likeness (QED) is 0.682. The van der Waals surface area contributed by atoms with Crippen LogP contribution in [-0.4, -0.2) is 28.5 Å². The van der Waals surface area contributed by atoms with Crippen LogP contribution in [-0.2, 0) is 11.8 Å². The minimum Gasteiger partial charge on any atom is -0.371 e. The molecule has 0 saturated carbocycles. The molecule has 1 saturated heterocycles. The molecule has 0 unspecified atom stereocenters. The smallest absolute Gasteiger partial charge is 0.319 e. The normalized spacial score (nSPS) is 19.1. The van der Waals surface area contributed by atoms with Gasteiger partial charge >= 0.3 is 6.03 Å². The van der Waals surface area contributed by atoms with Crippen LogP contribution in [0.15, 0.2) is 36.5 Å². The van der Waals surface area contributed by atoms with Gasteiger partial charge in [0.2, 0.25) is 0 Å². The van der Waals surface area contributed by atoms with Crippen molar-refractivity contribution in [2.24, 2.45) is 7.05 Å². The van der Waals surface area contributed by atoms with Crippen LogP contribution in [0.3, 0.4) is 0 Å². The van der Waals surface area contributed by atoms with E-state index in [0.717, 1.165) is 39.7 Å². The minimum atomic E-state index is -0.252. The molecule has 146 valence electrons. The lowest BCUT2D eigenvalue weighted by Gasteiger charge is -2.21. The first-order chi connectivity index (χ1) is 13.4. The number of fused-ring (bicyclic) bond motifs is 1. The fraction of sp³-hybridized carbons (Fsp3) is 0.333. The maximum Gasteiger partial charge on any atom is 0.319 e. The average molecular weight is 399 g/mol. The first-order valence-corrected chi connectivity index (χ1v) is 9.69. The van der Waals surface area contributed by atoms with E-state index >= 15 is 0 Å². The minimum absolute atomic E-state index is 0.109. The predicted octanol–water partition coefficient (Wildman–Crippen LogP) is 4.50. The second kappa shape index (κ2) is 7.45. The first kappa shape index (κ1) is 18.8. The van der Waals surface area contributed by atoms with Gasteiger partial charge in [-0.05, 0) is 31.9 Å². The zero-order chi connectivity index (χ0) is 19.8. The van der Waals surface area contributed by atoms with Gasteiger partial charge in [-0.15, -0.1) is 0 Å². The number of carbonyl (C=O) groups is 1. The molecule has 1 aliphatic rings. The Kier molecular flexibility index (Phi) is 5.00. The number of amides is 2. The Bertz CT molecular complexity index is 1050. The average Bonchev–Trinajstić information content (AvgIpc) is 3.24. The van der Waals surface area contributed by atoms with Crippen LogP contribution >= 0.6 is 11.6 Å². The highest BCUT2D eigenvalue weighted by molar-refractivity contribution is 6.36. The number of nitrogens with one attached hydrogen (secondary N) is 2. The molecular weight excluding hydrogens is 376 g/mol. The Hall–Kier alpha value is -2.57. The number of carbonyl (C=O) groups excluding carboxylic acids is 1. The molecule has 0 spiro atoms. The van der Waals surface area contributed by atoms with Crippen LogP contribution in [0.4, 0.5) is 10.5 Å². The Morgan fingerprint density at radius 2 is 2.04 bits per heavy atom. The fourth-order valence-electron chi connectivity index (χ4n) is 3.89. The van der Waals surface area contributed by atoms with E-state index in [1.165, 1.54) is 0 Å². The molecule has 1 aliphatic heterocycles. The Labute approximate surface area is 168 Å². The number of ether oxygens (including phenoxy) is 1. The summed E-state index contributed by atoms with van der Waals surface area (Å²) >= 11 is 6.36. The van der Waals surface area contributed by atoms with Crippen molar-refractivity contribution in [2.75, 3.05) is 11.9 Å². The molecule has 2 heterocycles. The van der Waals surface area contributed by atoms with Crippen molar-refractivity contribution >= 4 is 34.1 Å². The van der Waals surface area contributed by atoms with Crippen molar-refractivity contribution in [3.05, 3.63) is 58.4 Å². The van der Waals surface area contributed by atoms with Gasteiger partial charge in [0.25, 0.3) is 0 Å². The Balaban J connectivity index is 1.55. The SMILES string of the molecule is Cc1cc(Cl)c2ccccc2c1NC(=O)N[C@@H]1CCO[C@H]1c1cn(C)nc1C. The summed E-state index contributed by atoms with van der Waals surface area (Å²) < 4.78 is 7.66. The molecular formula is C21H23ClN4O2. The Morgan fingerprint density at radius 1 is 1.29 bits per heavy atom. The van der Waals surface area contributed by atoms with Gasteiger partial charge in [0.05, 0.1) is 17.4 Å². The largest absolute Gasteiger partial charge is 0.371 e. The molecule has 1 fully saturated rings. The van der Waals surface area contributed by atoms with Crippen LogP contribution in [0.2, 0.25) is 5.02 Å². The zero-order valence-corrected chi connectivity index (χ0v) is 16.9. The van der Waals surface area contributed by atoms with Crippen molar-refractivity contribution in [3.8, 4) is 0 Å². The maximum absolute atomic E-state index is 12.8. The summed E-state index contributed by atoms with van der Waals surface area (Å²) in [5.74, 6) is 0. The molecule has 28 heavy (non-hydrogen) atoms. The van der Waals surface area contributed by atoms with Crippen LogP contribution < -0.4 is 10.6 Å². The number of aromatic nitrogens is 2. The lowest BCUT2D eigenvalue weighted by molar-refractivity contribution is 0.0998. The fourth-order valence-corrected chi connectivity index (χ4v) is 4.22. The summed E-state index contributed by atoms with van der Waals surface area (Å²) in [6.07, 6.45) is 2.52. The van der Waals surface area contributed by atoms with E-state index in [0.29, 0.717) is 11.6 Å². The van der Waals surface area contributed by atoms with E-state index in [4.69, 9.17) is 16.3 Å². The van der Waals surface area contributed by atoms with E-state index in [1.807, 2.05) is 57.4 Å². The van der Waals surface area contributed by atoms with Gasteiger partial charge in [-0.3, -0.25) is 4.68 Å². The number of hydrogen-bond donors (Lipinski definition) is 2. The van der Waals surface area contributed by atoms with E-state index in [-0.39, 0.29) is 18.2 Å². The van der Waals surface area contributed by atoms with Gasteiger partial charge in [-0.1, -0.05) is 35.9 Å². The van der Waals surface area contributed by atoms with E-state index in [1.54, 1.807) is 4.68 Å². The van der Waals surface area contributed by atoms with Gasteiger partial charge in [0.15, 0.2) is 0 Å². The van der Waals surface area contributed by atoms with E-state index in [9.17, 15) is 4.79 Å². The van der Waals surface area contributed by atoms with Crippen LogP contribution in [0.25, 0.3) is 10.8 Å². The molecule has 4 rings (SSSR count). The molecule has 2 atom stereocenters. The topological polar surface area (TPSA) is 68.2 Å². The number of hydrogen-bond acceptors (Lipinski definition) is 3. The number of urea groups is 1. The van der Waals surface area contributed by atoms with Crippen LogP contribution in [0, 0.1) is 13.8 Å². The molecule has 2 amide bonds. The highest BCUT2D eigenvalue weighted by Crippen LogP contribution is 2.34. The standard InChI is InChI=1S/C21H23ClN4O2/c1-12-10-17(22)14-6-4-5-7-15(14)19(12)24-21(27)23-18-8-9-28-20(18)16-11-26(3)25-13(16)2/h4-7,10-11,18,20H,8-9H2,1-3H3,(H2,23,24,27)/t18-,20+/m1/s1. The van der Waals surface area contributed by atoms with Crippen molar-refractivity contribution in [1.82, 2.24) is 15.1 Å². The summed E-state index contributed by atoms with van der Waals surface area (Å²) in [6, 6.07) is 9.30. The van der Waals surface area contributed by atoms with Crippen molar-refractivity contribution in [3.63, 3.8) is 0 Å². The molecule has 1 aromatic heterocycles. The van der Waals surface area contributed by atoms with E-state index < -0.39 is 0 Å².